The molecule has 0 saturated carbocycles. The van der Waals surface area contributed by atoms with Crippen LogP contribution >= 0.6 is 0 Å². The maximum Gasteiger partial charge on any atom is 0.139 e. The summed E-state index contributed by atoms with van der Waals surface area (Å²) in [6.07, 6.45) is -0.216. The highest BCUT2D eigenvalue weighted by Gasteiger charge is 2.17. The van der Waals surface area contributed by atoms with Gasteiger partial charge < -0.3 is 15.2 Å². The van der Waals surface area contributed by atoms with E-state index in [0.717, 1.165) is 28.2 Å². The van der Waals surface area contributed by atoms with E-state index in [-0.39, 0.29) is 6.10 Å². The van der Waals surface area contributed by atoms with Gasteiger partial charge in [0.15, 0.2) is 0 Å². The second-order valence-electron chi connectivity index (χ2n) is 4.90. The van der Waals surface area contributed by atoms with E-state index in [1.54, 1.807) is 7.11 Å². The summed E-state index contributed by atoms with van der Waals surface area (Å²) in [7, 11) is 1.66. The number of nitrogens with two attached hydrogens (primary N) is 1. The smallest absolute Gasteiger partial charge is 0.139 e. The van der Waals surface area contributed by atoms with Gasteiger partial charge in [0.05, 0.1) is 7.11 Å². The second kappa shape index (κ2) is 6.44. The van der Waals surface area contributed by atoms with Crippen LogP contribution in [0.5, 0.6) is 11.5 Å². The Labute approximate surface area is 120 Å². The highest BCUT2D eigenvalue weighted by molar-refractivity contribution is 5.39. The molecule has 0 spiro atoms. The Morgan fingerprint density at radius 1 is 1.05 bits per heavy atom. The zero-order valence-electron chi connectivity index (χ0n) is 12.2. The van der Waals surface area contributed by atoms with Crippen molar-refractivity contribution in [1.29, 1.82) is 0 Å². The number of hydrogen-bond donors (Lipinski definition) is 1. The quantitative estimate of drug-likeness (QED) is 0.906. The van der Waals surface area contributed by atoms with Gasteiger partial charge >= 0.3 is 0 Å². The minimum absolute atomic E-state index is 0.216. The zero-order valence-corrected chi connectivity index (χ0v) is 12.2. The van der Waals surface area contributed by atoms with Crippen molar-refractivity contribution in [3.05, 3.63) is 59.2 Å². The number of ether oxygens (including phenoxy) is 2. The molecule has 2 rings (SSSR count). The molecule has 0 radical (unpaired) electrons. The van der Waals surface area contributed by atoms with Gasteiger partial charge in [0, 0.05) is 12.1 Å². The molecule has 0 aliphatic heterocycles. The van der Waals surface area contributed by atoms with Crippen LogP contribution < -0.4 is 15.2 Å². The summed E-state index contributed by atoms with van der Waals surface area (Å²) >= 11 is 0. The Morgan fingerprint density at radius 3 is 2.45 bits per heavy atom. The molecule has 3 heteroatoms. The first-order valence-electron chi connectivity index (χ1n) is 6.72. The summed E-state index contributed by atoms with van der Waals surface area (Å²) in [4.78, 5) is 0. The lowest BCUT2D eigenvalue weighted by atomic mass is 10.0. The number of aryl methyl sites for hydroxylation is 2. The van der Waals surface area contributed by atoms with E-state index in [4.69, 9.17) is 15.2 Å². The van der Waals surface area contributed by atoms with E-state index in [1.165, 1.54) is 0 Å². The zero-order chi connectivity index (χ0) is 14.5. The lowest BCUT2D eigenvalue weighted by molar-refractivity contribution is 0.208. The topological polar surface area (TPSA) is 44.5 Å². The average Bonchev–Trinajstić information content (AvgIpc) is 2.45. The highest BCUT2D eigenvalue weighted by atomic mass is 16.5. The van der Waals surface area contributed by atoms with E-state index < -0.39 is 0 Å². The lowest BCUT2D eigenvalue weighted by Crippen LogP contribution is -2.19. The van der Waals surface area contributed by atoms with Gasteiger partial charge in [-0.3, -0.25) is 0 Å². The SMILES string of the molecule is COc1ccc(C)cc1C(CN)Oc1cccc(C)c1. The molecule has 0 heterocycles. The van der Waals surface area contributed by atoms with Crippen LogP contribution in [0, 0.1) is 13.8 Å². The van der Waals surface area contributed by atoms with Crippen molar-refractivity contribution in [3.8, 4) is 11.5 Å². The molecule has 0 saturated heterocycles. The highest BCUT2D eigenvalue weighted by Crippen LogP contribution is 2.29. The van der Waals surface area contributed by atoms with E-state index in [9.17, 15) is 0 Å². The third-order valence-electron chi connectivity index (χ3n) is 3.21. The van der Waals surface area contributed by atoms with Gasteiger partial charge in [0.1, 0.15) is 17.6 Å². The summed E-state index contributed by atoms with van der Waals surface area (Å²) in [6.45, 7) is 4.48. The third-order valence-corrected chi connectivity index (χ3v) is 3.21. The van der Waals surface area contributed by atoms with Crippen LogP contribution in [0.3, 0.4) is 0 Å². The molecule has 106 valence electrons. The minimum Gasteiger partial charge on any atom is -0.496 e. The number of methoxy groups -OCH3 is 1. The van der Waals surface area contributed by atoms with Crippen LogP contribution in [-0.4, -0.2) is 13.7 Å². The summed E-state index contributed by atoms with van der Waals surface area (Å²) in [5.74, 6) is 1.63. The molecule has 0 aliphatic rings. The number of rotatable bonds is 5. The van der Waals surface area contributed by atoms with Crippen molar-refractivity contribution in [2.45, 2.75) is 20.0 Å². The van der Waals surface area contributed by atoms with Crippen LogP contribution in [-0.2, 0) is 0 Å². The average molecular weight is 271 g/mol. The minimum atomic E-state index is -0.216. The molecule has 0 aromatic heterocycles. The Hall–Kier alpha value is -2.00. The molecule has 0 bridgehead atoms. The van der Waals surface area contributed by atoms with E-state index in [1.807, 2.05) is 50.2 Å². The first-order valence-corrected chi connectivity index (χ1v) is 6.72. The van der Waals surface area contributed by atoms with Gasteiger partial charge in [-0.25, -0.2) is 0 Å². The molecule has 3 nitrogen and oxygen atoms in total. The Kier molecular flexibility index (Phi) is 4.64. The molecule has 0 fully saturated rings. The van der Waals surface area contributed by atoms with Gasteiger partial charge in [0.2, 0.25) is 0 Å². The van der Waals surface area contributed by atoms with Crippen molar-refractivity contribution >= 4 is 0 Å². The van der Waals surface area contributed by atoms with Crippen molar-refractivity contribution < 1.29 is 9.47 Å². The van der Waals surface area contributed by atoms with Crippen LogP contribution in [0.2, 0.25) is 0 Å². The molecular formula is C17H21NO2. The van der Waals surface area contributed by atoms with Crippen molar-refractivity contribution in [2.24, 2.45) is 5.73 Å². The van der Waals surface area contributed by atoms with Gasteiger partial charge in [-0.15, -0.1) is 0 Å². The largest absolute Gasteiger partial charge is 0.496 e. The maximum absolute atomic E-state index is 6.02. The van der Waals surface area contributed by atoms with Crippen LogP contribution in [0.15, 0.2) is 42.5 Å². The van der Waals surface area contributed by atoms with Crippen molar-refractivity contribution in [3.63, 3.8) is 0 Å². The predicted octanol–water partition coefficient (Wildman–Crippen LogP) is 3.39. The third kappa shape index (κ3) is 3.31. The van der Waals surface area contributed by atoms with E-state index in [0.29, 0.717) is 6.54 Å². The van der Waals surface area contributed by atoms with Crippen molar-refractivity contribution in [2.75, 3.05) is 13.7 Å². The molecule has 2 N–H and O–H groups in total. The van der Waals surface area contributed by atoms with Crippen molar-refractivity contribution in [1.82, 2.24) is 0 Å². The molecule has 2 aromatic carbocycles. The summed E-state index contributed by atoms with van der Waals surface area (Å²) in [6, 6.07) is 14.0. The Balaban J connectivity index is 2.30. The Morgan fingerprint density at radius 2 is 1.80 bits per heavy atom. The molecule has 1 unspecified atom stereocenters. The van der Waals surface area contributed by atoms with Crippen LogP contribution in [0.4, 0.5) is 0 Å². The standard InChI is InChI=1S/C17H21NO2/c1-12-5-4-6-14(9-12)20-17(11-18)15-10-13(2)7-8-16(15)19-3/h4-10,17H,11,18H2,1-3H3. The summed E-state index contributed by atoms with van der Waals surface area (Å²) in [5, 5.41) is 0. The monoisotopic (exact) mass is 271 g/mol. The summed E-state index contributed by atoms with van der Waals surface area (Å²) < 4.78 is 11.4. The van der Waals surface area contributed by atoms with Crippen LogP contribution in [0.1, 0.15) is 22.8 Å². The molecule has 20 heavy (non-hydrogen) atoms. The molecule has 1 atom stereocenters. The molecule has 2 aromatic rings. The van der Waals surface area contributed by atoms with Gasteiger partial charge in [-0.05, 0) is 43.7 Å². The fourth-order valence-corrected chi connectivity index (χ4v) is 2.20. The summed E-state index contributed by atoms with van der Waals surface area (Å²) in [5.41, 5.74) is 9.19. The first kappa shape index (κ1) is 14.4. The molecule has 0 aliphatic carbocycles. The van der Waals surface area contributed by atoms with Crippen LogP contribution in [0.25, 0.3) is 0 Å². The molecule has 0 amide bonds. The normalized spacial score (nSPS) is 12.0. The van der Waals surface area contributed by atoms with Gasteiger partial charge in [0.25, 0.3) is 0 Å². The lowest BCUT2D eigenvalue weighted by Gasteiger charge is -2.21. The van der Waals surface area contributed by atoms with E-state index in [2.05, 4.69) is 6.07 Å². The predicted molar refractivity (Wildman–Crippen MR) is 81.3 cm³/mol. The second-order valence-corrected chi connectivity index (χ2v) is 4.90. The fourth-order valence-electron chi connectivity index (χ4n) is 2.20. The Bertz CT molecular complexity index is 581. The number of hydrogen-bond acceptors (Lipinski definition) is 3. The van der Waals surface area contributed by atoms with Gasteiger partial charge in [-0.2, -0.15) is 0 Å². The fraction of sp³-hybridized carbons (Fsp3) is 0.294. The first-order chi connectivity index (χ1) is 9.63. The van der Waals surface area contributed by atoms with E-state index >= 15 is 0 Å². The molecular weight excluding hydrogens is 250 g/mol. The number of benzene rings is 2. The maximum atomic E-state index is 6.02. The van der Waals surface area contributed by atoms with Gasteiger partial charge in [-0.1, -0.05) is 23.8 Å².